The molecule has 0 atom stereocenters. The van der Waals surface area contributed by atoms with E-state index in [0.717, 1.165) is 43.9 Å². The number of hydrogen-bond acceptors (Lipinski definition) is 3. The van der Waals surface area contributed by atoms with Crippen LogP contribution in [0.3, 0.4) is 0 Å². The molecule has 0 saturated carbocycles. The number of nitrogens with zero attached hydrogens (tertiary/aromatic N) is 1. The number of ether oxygens (including phenoxy) is 1. The first-order valence-corrected chi connectivity index (χ1v) is 6.12. The van der Waals surface area contributed by atoms with Gasteiger partial charge in [0.25, 0.3) is 0 Å². The fourth-order valence-corrected chi connectivity index (χ4v) is 2.11. The fraction of sp³-hybridized carbons (Fsp3) is 0.500. The highest BCUT2D eigenvalue weighted by molar-refractivity contribution is 5.58. The van der Waals surface area contributed by atoms with Crippen molar-refractivity contribution in [2.45, 2.75) is 19.8 Å². The Labute approximate surface area is 102 Å². The summed E-state index contributed by atoms with van der Waals surface area (Å²) in [5.74, 6) is 0.663. The SMILES string of the molecule is Cc1ccc(C#N)c(NCC2CCOCC2)c1. The summed E-state index contributed by atoms with van der Waals surface area (Å²) in [6.45, 7) is 4.71. The second-order valence-electron chi connectivity index (χ2n) is 4.60. The monoisotopic (exact) mass is 230 g/mol. The summed E-state index contributed by atoms with van der Waals surface area (Å²) in [6.07, 6.45) is 2.22. The van der Waals surface area contributed by atoms with Gasteiger partial charge in [0.2, 0.25) is 0 Å². The van der Waals surface area contributed by atoms with Crippen LogP contribution >= 0.6 is 0 Å². The Bertz CT molecular complexity index is 417. The van der Waals surface area contributed by atoms with E-state index in [1.54, 1.807) is 0 Å². The van der Waals surface area contributed by atoms with Gasteiger partial charge in [-0.3, -0.25) is 0 Å². The molecule has 1 aliphatic heterocycles. The Morgan fingerprint density at radius 2 is 2.18 bits per heavy atom. The molecule has 3 heteroatoms. The number of nitrogens with one attached hydrogen (secondary N) is 1. The van der Waals surface area contributed by atoms with Crippen molar-refractivity contribution in [1.29, 1.82) is 5.26 Å². The minimum atomic E-state index is 0.663. The van der Waals surface area contributed by atoms with Crippen LogP contribution in [0.15, 0.2) is 18.2 Å². The first-order valence-electron chi connectivity index (χ1n) is 6.12. The lowest BCUT2D eigenvalue weighted by Gasteiger charge is -2.23. The van der Waals surface area contributed by atoms with Crippen molar-refractivity contribution >= 4 is 5.69 Å². The highest BCUT2D eigenvalue weighted by atomic mass is 16.5. The quantitative estimate of drug-likeness (QED) is 0.868. The first kappa shape index (κ1) is 11.9. The highest BCUT2D eigenvalue weighted by Crippen LogP contribution is 2.19. The van der Waals surface area contributed by atoms with Crippen molar-refractivity contribution in [1.82, 2.24) is 0 Å². The molecule has 1 saturated heterocycles. The fourth-order valence-electron chi connectivity index (χ4n) is 2.11. The average Bonchev–Trinajstić information content (AvgIpc) is 2.38. The molecule has 1 heterocycles. The van der Waals surface area contributed by atoms with Crippen LogP contribution in [0, 0.1) is 24.2 Å². The predicted molar refractivity (Wildman–Crippen MR) is 67.9 cm³/mol. The molecule has 1 fully saturated rings. The third-order valence-electron chi connectivity index (χ3n) is 3.22. The van der Waals surface area contributed by atoms with E-state index in [-0.39, 0.29) is 0 Å². The molecule has 1 aliphatic rings. The van der Waals surface area contributed by atoms with Gasteiger partial charge in [-0.05, 0) is 43.4 Å². The van der Waals surface area contributed by atoms with Crippen LogP contribution in [0.2, 0.25) is 0 Å². The highest BCUT2D eigenvalue weighted by Gasteiger charge is 2.13. The summed E-state index contributed by atoms with van der Waals surface area (Å²) in [6, 6.07) is 8.11. The Hall–Kier alpha value is -1.53. The number of nitriles is 1. The molecule has 0 aliphatic carbocycles. The van der Waals surface area contributed by atoms with Gasteiger partial charge < -0.3 is 10.1 Å². The molecule has 17 heavy (non-hydrogen) atoms. The smallest absolute Gasteiger partial charge is 0.101 e. The zero-order chi connectivity index (χ0) is 12.1. The summed E-state index contributed by atoms with van der Waals surface area (Å²) in [5, 5.41) is 12.4. The molecular weight excluding hydrogens is 212 g/mol. The molecule has 0 aromatic heterocycles. The third kappa shape index (κ3) is 3.21. The van der Waals surface area contributed by atoms with E-state index in [1.807, 2.05) is 25.1 Å². The van der Waals surface area contributed by atoms with Crippen molar-refractivity contribution < 1.29 is 4.74 Å². The zero-order valence-corrected chi connectivity index (χ0v) is 10.2. The molecule has 3 nitrogen and oxygen atoms in total. The maximum Gasteiger partial charge on any atom is 0.101 e. The van der Waals surface area contributed by atoms with Gasteiger partial charge in [0.15, 0.2) is 0 Å². The van der Waals surface area contributed by atoms with Crippen LogP contribution in [0.1, 0.15) is 24.0 Å². The number of rotatable bonds is 3. The van der Waals surface area contributed by atoms with E-state index in [4.69, 9.17) is 10.00 Å². The first-order chi connectivity index (χ1) is 8.29. The number of aryl methyl sites for hydroxylation is 1. The molecule has 1 N–H and O–H groups in total. The summed E-state index contributed by atoms with van der Waals surface area (Å²) in [7, 11) is 0. The summed E-state index contributed by atoms with van der Waals surface area (Å²) in [5.41, 5.74) is 2.86. The molecule has 1 aromatic rings. The maximum absolute atomic E-state index is 9.04. The standard InChI is InChI=1S/C14H18N2O/c1-11-2-3-13(9-15)14(8-11)16-10-12-4-6-17-7-5-12/h2-3,8,12,16H,4-7,10H2,1H3. The van der Waals surface area contributed by atoms with Gasteiger partial charge in [-0.2, -0.15) is 5.26 Å². The number of anilines is 1. The molecule has 0 unspecified atom stereocenters. The summed E-state index contributed by atoms with van der Waals surface area (Å²) < 4.78 is 5.34. The van der Waals surface area contributed by atoms with Gasteiger partial charge in [0.1, 0.15) is 6.07 Å². The molecule has 0 bridgehead atoms. The zero-order valence-electron chi connectivity index (χ0n) is 10.2. The molecule has 2 rings (SSSR count). The normalized spacial score (nSPS) is 16.5. The topological polar surface area (TPSA) is 45.0 Å². The van der Waals surface area contributed by atoms with Crippen molar-refractivity contribution in [3.8, 4) is 6.07 Å². The minimum Gasteiger partial charge on any atom is -0.384 e. The van der Waals surface area contributed by atoms with Gasteiger partial charge in [-0.25, -0.2) is 0 Å². The Balaban J connectivity index is 1.98. The predicted octanol–water partition coefficient (Wildman–Crippen LogP) is 2.71. The average molecular weight is 230 g/mol. The van der Waals surface area contributed by atoms with Crippen molar-refractivity contribution in [3.05, 3.63) is 29.3 Å². The number of hydrogen-bond donors (Lipinski definition) is 1. The summed E-state index contributed by atoms with van der Waals surface area (Å²) >= 11 is 0. The van der Waals surface area contributed by atoms with Crippen LogP contribution in [-0.4, -0.2) is 19.8 Å². The van der Waals surface area contributed by atoms with Gasteiger partial charge in [0.05, 0.1) is 11.3 Å². The van der Waals surface area contributed by atoms with E-state index < -0.39 is 0 Å². The molecule has 0 spiro atoms. The summed E-state index contributed by atoms with van der Waals surface area (Å²) in [4.78, 5) is 0. The largest absolute Gasteiger partial charge is 0.384 e. The van der Waals surface area contributed by atoms with Gasteiger partial charge >= 0.3 is 0 Å². The van der Waals surface area contributed by atoms with E-state index >= 15 is 0 Å². The van der Waals surface area contributed by atoms with E-state index in [2.05, 4.69) is 11.4 Å². The van der Waals surface area contributed by atoms with Crippen molar-refractivity contribution in [2.24, 2.45) is 5.92 Å². The second kappa shape index (κ2) is 5.70. The molecule has 0 radical (unpaired) electrons. The van der Waals surface area contributed by atoms with Crippen molar-refractivity contribution in [2.75, 3.05) is 25.1 Å². The minimum absolute atomic E-state index is 0.663. The Morgan fingerprint density at radius 1 is 1.41 bits per heavy atom. The van der Waals surface area contributed by atoms with Gasteiger partial charge in [-0.1, -0.05) is 6.07 Å². The van der Waals surface area contributed by atoms with Crippen LogP contribution in [0.4, 0.5) is 5.69 Å². The lowest BCUT2D eigenvalue weighted by atomic mass is 10.00. The van der Waals surface area contributed by atoms with Gasteiger partial charge in [0, 0.05) is 19.8 Å². The maximum atomic E-state index is 9.04. The van der Waals surface area contributed by atoms with E-state index in [9.17, 15) is 0 Å². The van der Waals surface area contributed by atoms with E-state index in [0.29, 0.717) is 5.92 Å². The van der Waals surface area contributed by atoms with Gasteiger partial charge in [-0.15, -0.1) is 0 Å². The number of benzene rings is 1. The molecule has 90 valence electrons. The van der Waals surface area contributed by atoms with Crippen LogP contribution in [-0.2, 0) is 4.74 Å². The second-order valence-corrected chi connectivity index (χ2v) is 4.60. The van der Waals surface area contributed by atoms with Crippen LogP contribution in [0.5, 0.6) is 0 Å². The van der Waals surface area contributed by atoms with Crippen molar-refractivity contribution in [3.63, 3.8) is 0 Å². The lowest BCUT2D eigenvalue weighted by Crippen LogP contribution is -2.22. The molecule has 0 amide bonds. The van der Waals surface area contributed by atoms with Crippen LogP contribution < -0.4 is 5.32 Å². The van der Waals surface area contributed by atoms with E-state index in [1.165, 1.54) is 5.56 Å². The lowest BCUT2D eigenvalue weighted by molar-refractivity contribution is 0.0699. The Morgan fingerprint density at radius 3 is 2.88 bits per heavy atom. The van der Waals surface area contributed by atoms with Crippen LogP contribution in [0.25, 0.3) is 0 Å². The third-order valence-corrected chi connectivity index (χ3v) is 3.22. The Kier molecular flexibility index (Phi) is 4.00. The molecular formula is C14H18N2O. The molecule has 1 aromatic carbocycles.